The quantitative estimate of drug-likeness (QED) is 0.250. The lowest BCUT2D eigenvalue weighted by atomic mass is 9.91. The van der Waals surface area contributed by atoms with E-state index < -0.39 is 24.4 Å². The van der Waals surface area contributed by atoms with Gasteiger partial charge in [0.1, 0.15) is 30.3 Å². The summed E-state index contributed by atoms with van der Waals surface area (Å²) in [6, 6.07) is 14.6. The van der Waals surface area contributed by atoms with Gasteiger partial charge < -0.3 is 30.1 Å². The zero-order chi connectivity index (χ0) is 25.8. The van der Waals surface area contributed by atoms with E-state index in [0.29, 0.717) is 28.9 Å². The molecule has 4 rings (SSSR count). The summed E-state index contributed by atoms with van der Waals surface area (Å²) in [6.45, 7) is 0.0123. The highest BCUT2D eigenvalue weighted by Crippen LogP contribution is 2.41. The summed E-state index contributed by atoms with van der Waals surface area (Å²) in [5.74, 6) is -0.203. The van der Waals surface area contributed by atoms with Crippen LogP contribution in [0.4, 0.5) is 5.69 Å². The molecule has 2 aromatic carbocycles. The van der Waals surface area contributed by atoms with E-state index in [2.05, 4.69) is 10.3 Å². The van der Waals surface area contributed by atoms with Crippen molar-refractivity contribution in [1.29, 1.82) is 0 Å². The van der Waals surface area contributed by atoms with Crippen molar-refractivity contribution >= 4 is 25.7 Å². The van der Waals surface area contributed by atoms with Gasteiger partial charge in [0, 0.05) is 24.0 Å². The number of hydrogen-bond donors (Lipinski definition) is 4. The van der Waals surface area contributed by atoms with Gasteiger partial charge in [0.05, 0.1) is 38.4 Å². The smallest absolute Gasteiger partial charge is 0.227 e. The van der Waals surface area contributed by atoms with Crippen LogP contribution >= 0.6 is 0 Å². The van der Waals surface area contributed by atoms with Crippen LogP contribution in [0.25, 0.3) is 22.5 Å². The van der Waals surface area contributed by atoms with Gasteiger partial charge in [0.25, 0.3) is 0 Å². The van der Waals surface area contributed by atoms with E-state index in [-0.39, 0.29) is 38.2 Å². The van der Waals surface area contributed by atoms with Crippen molar-refractivity contribution in [2.24, 2.45) is 0 Å². The summed E-state index contributed by atoms with van der Waals surface area (Å²) in [5.41, 5.74) is 3.81. The van der Waals surface area contributed by atoms with Gasteiger partial charge in [-0.1, -0.05) is 54.0 Å². The molecule has 1 aliphatic rings. The number of aliphatic hydroxyl groups excluding tert-OH is 4. The number of benzene rings is 2. The molecule has 186 valence electrons. The third-order valence-electron chi connectivity index (χ3n) is 6.30. The van der Waals surface area contributed by atoms with Crippen LogP contribution in [0.2, 0.25) is 6.32 Å². The Kier molecular flexibility index (Phi) is 7.95. The average Bonchev–Trinajstić information content (AvgIpc) is 3.30. The number of para-hydroxylation sites is 1. The van der Waals surface area contributed by atoms with E-state index in [1.807, 2.05) is 36.4 Å². The van der Waals surface area contributed by atoms with Gasteiger partial charge in [-0.25, -0.2) is 4.68 Å². The molecule has 1 aliphatic heterocycles. The number of nitrogens with zero attached hydrogens (tertiary/aromatic N) is 4. The lowest BCUT2D eigenvalue weighted by Gasteiger charge is -2.29. The second-order valence-corrected chi connectivity index (χ2v) is 8.68. The highest BCUT2D eigenvalue weighted by atomic mass is 16.4. The third kappa shape index (κ3) is 4.96. The summed E-state index contributed by atoms with van der Waals surface area (Å²) in [5, 5.41) is 49.4. The predicted octanol–water partition coefficient (Wildman–Crippen LogP) is 0.468. The minimum absolute atomic E-state index is 0.0700. The highest BCUT2D eigenvalue weighted by molar-refractivity contribution is 6.08. The molecule has 0 saturated carbocycles. The maximum absolute atomic E-state index is 13.1. The minimum Gasteiger partial charge on any atom is -0.391 e. The Bertz CT molecular complexity index is 1230. The standard InChI is InChI=1S/C25H27BN4O6/c26-12-19(32)24(35)25(36)20(33)14-30-23-16-7-2-1-6-15(16)13-29(21(34)10-5-11-31)18-9-4-3-8-17(18)22(23)27-28-30/h1-4,6-9,11,19-20,24-25,32-33,35-36H,5,10,12-14H2. The Morgan fingerprint density at radius 1 is 1.00 bits per heavy atom. The molecule has 0 saturated heterocycles. The van der Waals surface area contributed by atoms with Gasteiger partial charge in [0.2, 0.25) is 5.91 Å². The molecule has 4 N–H and O–H groups in total. The SMILES string of the molecule is [B]CC(O)C(O)C(O)C(O)Cn1nnc2c1-c1ccccc1CN(C(=O)CCC=O)c1ccccc1-2. The number of aliphatic hydroxyl groups is 4. The lowest BCUT2D eigenvalue weighted by molar-refractivity contribution is -0.120. The molecule has 2 heterocycles. The Labute approximate surface area is 209 Å². The number of amides is 1. The summed E-state index contributed by atoms with van der Waals surface area (Å²) in [4.78, 5) is 25.6. The number of hydrogen-bond acceptors (Lipinski definition) is 8. The Morgan fingerprint density at radius 2 is 1.67 bits per heavy atom. The number of fused-ring (bicyclic) bond motifs is 5. The van der Waals surface area contributed by atoms with Crippen LogP contribution in [0.5, 0.6) is 0 Å². The molecular weight excluding hydrogens is 463 g/mol. The normalized spacial score (nSPS) is 15.9. The second-order valence-electron chi connectivity index (χ2n) is 8.68. The fourth-order valence-electron chi connectivity index (χ4n) is 4.36. The summed E-state index contributed by atoms with van der Waals surface area (Å²) in [7, 11) is 5.35. The molecule has 3 aromatic rings. The van der Waals surface area contributed by atoms with E-state index in [1.54, 1.807) is 17.0 Å². The molecular formula is C25H27BN4O6. The molecule has 0 aliphatic carbocycles. The van der Waals surface area contributed by atoms with E-state index in [4.69, 9.17) is 7.85 Å². The molecule has 10 nitrogen and oxygen atoms in total. The average molecular weight is 490 g/mol. The first-order valence-corrected chi connectivity index (χ1v) is 11.6. The first kappa shape index (κ1) is 25.7. The molecule has 4 unspecified atom stereocenters. The topological polar surface area (TPSA) is 149 Å². The number of aromatic nitrogens is 3. The van der Waals surface area contributed by atoms with E-state index in [9.17, 15) is 30.0 Å². The Morgan fingerprint density at radius 3 is 2.39 bits per heavy atom. The fourth-order valence-corrected chi connectivity index (χ4v) is 4.36. The van der Waals surface area contributed by atoms with Gasteiger partial charge in [-0.3, -0.25) is 4.79 Å². The maximum atomic E-state index is 13.1. The van der Waals surface area contributed by atoms with Crippen molar-refractivity contribution in [3.05, 3.63) is 54.1 Å². The Balaban J connectivity index is 1.80. The largest absolute Gasteiger partial charge is 0.391 e. The van der Waals surface area contributed by atoms with Crippen LogP contribution in [0.15, 0.2) is 48.5 Å². The third-order valence-corrected chi connectivity index (χ3v) is 6.30. The molecule has 36 heavy (non-hydrogen) atoms. The second kappa shape index (κ2) is 11.1. The van der Waals surface area contributed by atoms with Crippen molar-refractivity contribution < 1.29 is 30.0 Å². The van der Waals surface area contributed by atoms with Gasteiger partial charge in [-0.15, -0.1) is 5.10 Å². The number of carbonyl (C=O) groups is 2. The number of carbonyl (C=O) groups excluding carboxylic acids is 2. The van der Waals surface area contributed by atoms with Gasteiger partial charge in [-0.05, 0) is 11.6 Å². The molecule has 0 fully saturated rings. The predicted molar refractivity (Wildman–Crippen MR) is 132 cm³/mol. The lowest BCUT2D eigenvalue weighted by Crippen LogP contribution is -2.46. The Hall–Kier alpha value is -3.38. The van der Waals surface area contributed by atoms with Crippen molar-refractivity contribution in [3.8, 4) is 22.5 Å². The van der Waals surface area contributed by atoms with E-state index in [1.165, 1.54) is 4.68 Å². The molecule has 0 bridgehead atoms. The molecule has 1 aromatic heterocycles. The first-order valence-electron chi connectivity index (χ1n) is 11.6. The minimum atomic E-state index is -1.68. The number of anilines is 1. The number of rotatable bonds is 9. The van der Waals surface area contributed by atoms with Crippen LogP contribution < -0.4 is 4.90 Å². The fraction of sp³-hybridized carbons (Fsp3) is 0.360. The summed E-state index contributed by atoms with van der Waals surface area (Å²) < 4.78 is 1.43. The van der Waals surface area contributed by atoms with Gasteiger partial charge in [-0.2, -0.15) is 0 Å². The van der Waals surface area contributed by atoms with Crippen molar-refractivity contribution in [3.63, 3.8) is 0 Å². The van der Waals surface area contributed by atoms with Crippen LogP contribution in [-0.4, -0.2) is 79.9 Å². The van der Waals surface area contributed by atoms with Crippen LogP contribution in [0, 0.1) is 0 Å². The highest BCUT2D eigenvalue weighted by Gasteiger charge is 2.33. The molecule has 4 atom stereocenters. The monoisotopic (exact) mass is 490 g/mol. The molecule has 2 radical (unpaired) electrons. The van der Waals surface area contributed by atoms with Crippen molar-refractivity contribution in [1.82, 2.24) is 15.0 Å². The van der Waals surface area contributed by atoms with Crippen molar-refractivity contribution in [2.45, 2.75) is 56.7 Å². The van der Waals surface area contributed by atoms with E-state index >= 15 is 0 Å². The summed E-state index contributed by atoms with van der Waals surface area (Å²) >= 11 is 0. The van der Waals surface area contributed by atoms with Crippen LogP contribution in [0.3, 0.4) is 0 Å². The van der Waals surface area contributed by atoms with Crippen LogP contribution in [0.1, 0.15) is 18.4 Å². The maximum Gasteiger partial charge on any atom is 0.227 e. The summed E-state index contributed by atoms with van der Waals surface area (Å²) in [6.07, 6.45) is -5.58. The molecule has 1 amide bonds. The van der Waals surface area contributed by atoms with Crippen molar-refractivity contribution in [2.75, 3.05) is 4.90 Å². The molecule has 0 spiro atoms. The van der Waals surface area contributed by atoms with Gasteiger partial charge >= 0.3 is 0 Å². The van der Waals surface area contributed by atoms with Gasteiger partial charge in [0.15, 0.2) is 0 Å². The first-order chi connectivity index (χ1) is 17.4. The van der Waals surface area contributed by atoms with Crippen LogP contribution in [-0.2, 0) is 22.7 Å². The van der Waals surface area contributed by atoms with E-state index in [0.717, 1.165) is 11.1 Å². The zero-order valence-electron chi connectivity index (χ0n) is 19.5. The number of aldehydes is 1. The molecule has 11 heteroatoms. The zero-order valence-corrected chi connectivity index (χ0v) is 19.5.